The third-order valence-corrected chi connectivity index (χ3v) is 8.87. The molecule has 0 unspecified atom stereocenters. The van der Waals surface area contributed by atoms with E-state index in [0.29, 0.717) is 17.6 Å². The van der Waals surface area contributed by atoms with E-state index >= 15 is 0 Å². The molecule has 3 aromatic heterocycles. The molecule has 3 heterocycles. The van der Waals surface area contributed by atoms with Crippen molar-refractivity contribution in [2.75, 3.05) is 0 Å². The summed E-state index contributed by atoms with van der Waals surface area (Å²) in [5, 5.41) is 4.06. The highest BCUT2D eigenvalue weighted by atomic mass is 32.1. The Morgan fingerprint density at radius 1 is 0.605 bits per heavy atom. The van der Waals surface area contributed by atoms with Crippen molar-refractivity contribution in [2.45, 2.75) is 25.7 Å². The standard InChI is InChI=1S/C33H24N4S/c1-3-11-21(12-4-1)31-34-32(22-13-5-2-6-14-22)36-33(35-31)37-26-17-9-7-16-25(26)29-27(37)20-19-24-23-15-8-10-18-28(23)38-30(24)29/h1-6,8,10-15,18-20H,7,9,16-17H2. The van der Waals surface area contributed by atoms with E-state index in [0.717, 1.165) is 24.0 Å². The van der Waals surface area contributed by atoms with Crippen LogP contribution < -0.4 is 0 Å². The molecular formula is C33H24N4S. The number of benzene rings is 4. The zero-order chi connectivity index (χ0) is 25.1. The van der Waals surface area contributed by atoms with Gasteiger partial charge in [-0.25, -0.2) is 4.98 Å². The smallest absolute Gasteiger partial charge is 0.238 e. The van der Waals surface area contributed by atoms with E-state index in [-0.39, 0.29) is 0 Å². The zero-order valence-corrected chi connectivity index (χ0v) is 21.6. The number of thiophene rings is 1. The molecule has 0 N–H and O–H groups in total. The first-order valence-electron chi connectivity index (χ1n) is 13.2. The van der Waals surface area contributed by atoms with Crippen LogP contribution in [0.25, 0.3) is 59.8 Å². The number of nitrogens with zero attached hydrogens (tertiary/aromatic N) is 4. The van der Waals surface area contributed by atoms with Crippen LogP contribution in [0, 0.1) is 0 Å². The molecule has 7 aromatic rings. The minimum atomic E-state index is 0.698. The van der Waals surface area contributed by atoms with Gasteiger partial charge in [0.2, 0.25) is 5.95 Å². The lowest BCUT2D eigenvalue weighted by molar-refractivity contribution is 0.661. The molecule has 5 heteroatoms. The first-order valence-corrected chi connectivity index (χ1v) is 14.0. The maximum absolute atomic E-state index is 5.10. The molecule has 4 aromatic carbocycles. The van der Waals surface area contributed by atoms with Crippen LogP contribution in [0.4, 0.5) is 0 Å². The molecule has 1 aliphatic carbocycles. The molecular weight excluding hydrogens is 484 g/mol. The summed E-state index contributed by atoms with van der Waals surface area (Å²) in [6.07, 6.45) is 4.52. The molecule has 0 saturated heterocycles. The Morgan fingerprint density at radius 3 is 2.00 bits per heavy atom. The van der Waals surface area contributed by atoms with Gasteiger partial charge in [-0.3, -0.25) is 4.57 Å². The molecule has 0 radical (unpaired) electrons. The van der Waals surface area contributed by atoms with Crippen LogP contribution in [0.1, 0.15) is 24.1 Å². The van der Waals surface area contributed by atoms with Crippen molar-refractivity contribution >= 4 is 42.4 Å². The summed E-state index contributed by atoms with van der Waals surface area (Å²) in [6.45, 7) is 0. The molecule has 182 valence electrons. The fraction of sp³-hybridized carbons (Fsp3) is 0.121. The van der Waals surface area contributed by atoms with Crippen LogP contribution >= 0.6 is 11.3 Å². The maximum atomic E-state index is 5.10. The van der Waals surface area contributed by atoms with Crippen molar-refractivity contribution in [3.63, 3.8) is 0 Å². The third kappa shape index (κ3) is 3.32. The summed E-state index contributed by atoms with van der Waals surface area (Å²) in [6, 6.07) is 33.8. The van der Waals surface area contributed by atoms with Crippen LogP contribution in [-0.4, -0.2) is 19.5 Å². The van der Waals surface area contributed by atoms with Crippen LogP contribution in [-0.2, 0) is 12.8 Å². The molecule has 0 saturated carbocycles. The van der Waals surface area contributed by atoms with Crippen molar-refractivity contribution in [3.8, 4) is 28.7 Å². The minimum Gasteiger partial charge on any atom is -0.282 e. The molecule has 0 aliphatic heterocycles. The van der Waals surface area contributed by atoms with Gasteiger partial charge >= 0.3 is 0 Å². The molecule has 0 amide bonds. The van der Waals surface area contributed by atoms with E-state index in [1.54, 1.807) is 0 Å². The van der Waals surface area contributed by atoms with E-state index in [1.807, 2.05) is 47.7 Å². The number of aromatic nitrogens is 4. The summed E-state index contributed by atoms with van der Waals surface area (Å²) < 4.78 is 5.04. The number of rotatable bonds is 3. The summed E-state index contributed by atoms with van der Waals surface area (Å²) in [5.74, 6) is 2.10. The van der Waals surface area contributed by atoms with Crippen LogP contribution in [0.3, 0.4) is 0 Å². The Kier molecular flexibility index (Phi) is 4.92. The van der Waals surface area contributed by atoms with Gasteiger partial charge in [0.15, 0.2) is 11.6 Å². The average molecular weight is 509 g/mol. The fourth-order valence-corrected chi connectivity index (χ4v) is 7.21. The van der Waals surface area contributed by atoms with Crippen molar-refractivity contribution in [3.05, 3.63) is 108 Å². The van der Waals surface area contributed by atoms with Gasteiger partial charge in [0.25, 0.3) is 0 Å². The zero-order valence-electron chi connectivity index (χ0n) is 20.8. The second-order valence-electron chi connectivity index (χ2n) is 9.92. The van der Waals surface area contributed by atoms with Crippen LogP contribution in [0.5, 0.6) is 0 Å². The number of aryl methyl sites for hydroxylation is 1. The van der Waals surface area contributed by atoms with E-state index in [1.165, 1.54) is 55.2 Å². The van der Waals surface area contributed by atoms with E-state index in [2.05, 4.69) is 65.2 Å². The van der Waals surface area contributed by atoms with Gasteiger partial charge < -0.3 is 0 Å². The van der Waals surface area contributed by atoms with E-state index in [9.17, 15) is 0 Å². The van der Waals surface area contributed by atoms with Gasteiger partial charge in [0.1, 0.15) is 0 Å². The highest BCUT2D eigenvalue weighted by Crippen LogP contribution is 2.43. The second-order valence-corrected chi connectivity index (χ2v) is 11.0. The van der Waals surface area contributed by atoms with Gasteiger partial charge in [-0.1, -0.05) is 84.9 Å². The molecule has 1 aliphatic rings. The Bertz CT molecular complexity index is 1910. The van der Waals surface area contributed by atoms with E-state index in [4.69, 9.17) is 15.0 Å². The second kappa shape index (κ2) is 8.61. The maximum Gasteiger partial charge on any atom is 0.238 e. The molecule has 38 heavy (non-hydrogen) atoms. The van der Waals surface area contributed by atoms with Crippen molar-refractivity contribution in [1.29, 1.82) is 0 Å². The largest absolute Gasteiger partial charge is 0.282 e. The SMILES string of the molecule is c1ccc(-c2nc(-c3ccccc3)nc(-n3c4c(c5c6sc7ccccc7c6ccc53)CCCC4)n2)cc1. The minimum absolute atomic E-state index is 0.698. The van der Waals surface area contributed by atoms with Gasteiger partial charge in [0.05, 0.1) is 5.52 Å². The van der Waals surface area contributed by atoms with Gasteiger partial charge in [-0.05, 0) is 43.4 Å². The predicted octanol–water partition coefficient (Wildman–Crippen LogP) is 8.40. The third-order valence-electron chi connectivity index (χ3n) is 7.66. The first-order chi connectivity index (χ1) is 18.8. The predicted molar refractivity (Wildman–Crippen MR) is 157 cm³/mol. The van der Waals surface area contributed by atoms with Gasteiger partial charge in [-0.2, -0.15) is 9.97 Å². The molecule has 0 fully saturated rings. The Labute approximate surface area is 224 Å². The normalized spacial score (nSPS) is 13.4. The van der Waals surface area contributed by atoms with Gasteiger partial charge in [0, 0.05) is 42.4 Å². The van der Waals surface area contributed by atoms with Crippen molar-refractivity contribution < 1.29 is 0 Å². The topological polar surface area (TPSA) is 43.6 Å². The highest BCUT2D eigenvalue weighted by molar-refractivity contribution is 7.26. The lowest BCUT2D eigenvalue weighted by atomic mass is 9.95. The lowest BCUT2D eigenvalue weighted by Gasteiger charge is -2.16. The summed E-state index contributed by atoms with van der Waals surface area (Å²) in [7, 11) is 0. The Balaban J connectivity index is 1.46. The number of hydrogen-bond donors (Lipinski definition) is 0. The molecule has 8 rings (SSSR count). The first kappa shape index (κ1) is 21.7. The lowest BCUT2D eigenvalue weighted by Crippen LogP contribution is -2.11. The molecule has 0 bridgehead atoms. The fourth-order valence-electron chi connectivity index (χ4n) is 5.93. The Morgan fingerprint density at radius 2 is 1.26 bits per heavy atom. The Hall–Kier alpha value is -4.35. The number of fused-ring (bicyclic) bond motifs is 7. The number of hydrogen-bond acceptors (Lipinski definition) is 4. The highest BCUT2D eigenvalue weighted by Gasteiger charge is 2.25. The quantitative estimate of drug-likeness (QED) is 0.241. The van der Waals surface area contributed by atoms with E-state index < -0.39 is 0 Å². The monoisotopic (exact) mass is 508 g/mol. The van der Waals surface area contributed by atoms with Crippen LogP contribution in [0.15, 0.2) is 97.1 Å². The van der Waals surface area contributed by atoms with Crippen molar-refractivity contribution in [1.82, 2.24) is 19.5 Å². The molecule has 0 spiro atoms. The summed E-state index contributed by atoms with van der Waals surface area (Å²) in [5.41, 5.74) is 5.99. The van der Waals surface area contributed by atoms with Gasteiger partial charge in [-0.15, -0.1) is 11.3 Å². The molecule has 0 atom stereocenters. The van der Waals surface area contributed by atoms with Crippen LogP contribution in [0.2, 0.25) is 0 Å². The summed E-state index contributed by atoms with van der Waals surface area (Å²) >= 11 is 1.91. The molecule has 4 nitrogen and oxygen atoms in total. The average Bonchev–Trinajstić information content (AvgIpc) is 3.53. The van der Waals surface area contributed by atoms with Crippen molar-refractivity contribution in [2.24, 2.45) is 0 Å². The summed E-state index contributed by atoms with van der Waals surface area (Å²) in [4.78, 5) is 15.1.